The summed E-state index contributed by atoms with van der Waals surface area (Å²) in [5, 5.41) is 2.88. The van der Waals surface area contributed by atoms with Crippen molar-refractivity contribution in [3.8, 4) is 0 Å². The molecule has 0 saturated carbocycles. The van der Waals surface area contributed by atoms with Crippen LogP contribution in [0.5, 0.6) is 0 Å². The Bertz CT molecular complexity index is 1420. The maximum atomic E-state index is 13.9. The minimum atomic E-state index is -4.19. The van der Waals surface area contributed by atoms with Gasteiger partial charge in [-0.05, 0) is 36.6 Å². The highest BCUT2D eigenvalue weighted by atomic mass is 32.2. The van der Waals surface area contributed by atoms with E-state index in [2.05, 4.69) is 5.32 Å². The second kappa shape index (κ2) is 11.6. The molecule has 198 valence electrons. The molecule has 0 fully saturated rings. The minimum absolute atomic E-state index is 0.0342. The molecule has 3 aromatic rings. The molecule has 1 aliphatic rings. The molecule has 1 atom stereocenters. The summed E-state index contributed by atoms with van der Waals surface area (Å²) >= 11 is 0. The summed E-state index contributed by atoms with van der Waals surface area (Å²) < 4.78 is 26.9. The molecule has 0 saturated heterocycles. The number of carbonyl (C=O) groups excluding carboxylic acids is 3. The summed E-state index contributed by atoms with van der Waals surface area (Å²) in [6.45, 7) is 3.69. The quantitative estimate of drug-likeness (QED) is 0.431. The van der Waals surface area contributed by atoms with E-state index in [4.69, 9.17) is 0 Å². The molecule has 0 aromatic heterocycles. The number of benzene rings is 3. The maximum Gasteiger partial charge on any atom is 0.269 e. The van der Waals surface area contributed by atoms with Crippen molar-refractivity contribution in [1.82, 2.24) is 14.5 Å². The van der Waals surface area contributed by atoms with Gasteiger partial charge in [0.1, 0.15) is 17.5 Å². The van der Waals surface area contributed by atoms with Crippen molar-refractivity contribution in [2.75, 3.05) is 13.1 Å². The van der Waals surface area contributed by atoms with Crippen LogP contribution in [0.25, 0.3) is 0 Å². The van der Waals surface area contributed by atoms with Crippen LogP contribution in [-0.2, 0) is 32.6 Å². The van der Waals surface area contributed by atoms with E-state index < -0.39 is 34.4 Å². The predicted molar refractivity (Wildman–Crippen MR) is 144 cm³/mol. The normalized spacial score (nSPS) is 14.6. The molecule has 1 heterocycles. The summed E-state index contributed by atoms with van der Waals surface area (Å²) in [5.41, 5.74) is 2.71. The zero-order valence-electron chi connectivity index (χ0n) is 21.5. The number of hydrogen-bond acceptors (Lipinski definition) is 5. The second-order valence-corrected chi connectivity index (χ2v) is 11.1. The Labute approximate surface area is 223 Å². The Balaban J connectivity index is 1.70. The smallest absolute Gasteiger partial charge is 0.269 e. The molecule has 1 aliphatic heterocycles. The maximum absolute atomic E-state index is 13.9. The molecule has 1 N–H and O–H groups in total. The third kappa shape index (κ3) is 5.78. The second-order valence-electron chi connectivity index (χ2n) is 9.32. The third-order valence-electron chi connectivity index (χ3n) is 6.48. The molecule has 3 aromatic carbocycles. The fourth-order valence-corrected chi connectivity index (χ4v) is 5.93. The minimum Gasteiger partial charge on any atom is -0.354 e. The van der Waals surface area contributed by atoms with Gasteiger partial charge < -0.3 is 10.2 Å². The van der Waals surface area contributed by atoms with Gasteiger partial charge in [0.2, 0.25) is 11.8 Å². The van der Waals surface area contributed by atoms with Crippen LogP contribution >= 0.6 is 0 Å². The van der Waals surface area contributed by atoms with E-state index in [1.807, 2.05) is 68.4 Å². The van der Waals surface area contributed by atoms with Crippen LogP contribution in [0.2, 0.25) is 0 Å². The summed E-state index contributed by atoms with van der Waals surface area (Å²) in [5.74, 6) is -1.72. The van der Waals surface area contributed by atoms with Crippen molar-refractivity contribution in [3.63, 3.8) is 0 Å². The highest BCUT2D eigenvalue weighted by molar-refractivity contribution is 7.90. The largest absolute Gasteiger partial charge is 0.354 e. The van der Waals surface area contributed by atoms with Crippen molar-refractivity contribution in [2.24, 2.45) is 0 Å². The Kier molecular flexibility index (Phi) is 8.26. The van der Waals surface area contributed by atoms with E-state index in [0.717, 1.165) is 16.7 Å². The predicted octanol–water partition coefficient (Wildman–Crippen LogP) is 3.31. The highest BCUT2D eigenvalue weighted by Gasteiger charge is 2.43. The standard InChI is InChI=1S/C29H31N3O5S/c1-3-17-30-28(34)25(18-22-9-5-4-6-10-22)31(19-23-15-13-21(2)14-16-23)27(33)20-32-29(35)24-11-7-8-12-26(24)38(32,36)37/h4-16,25H,3,17-20H2,1-2H3,(H,30,34)/t25-/m0/s1. The molecule has 8 nitrogen and oxygen atoms in total. The molecular formula is C29H31N3O5S. The number of hydrogen-bond donors (Lipinski definition) is 1. The summed E-state index contributed by atoms with van der Waals surface area (Å²) in [7, 11) is -4.19. The summed E-state index contributed by atoms with van der Waals surface area (Å²) in [6, 6.07) is 21.9. The van der Waals surface area contributed by atoms with Crippen molar-refractivity contribution in [2.45, 2.75) is 44.2 Å². The molecule has 0 radical (unpaired) electrons. The van der Waals surface area contributed by atoms with Gasteiger partial charge in [-0.25, -0.2) is 12.7 Å². The van der Waals surface area contributed by atoms with Gasteiger partial charge in [0.25, 0.3) is 15.9 Å². The van der Waals surface area contributed by atoms with E-state index in [1.54, 1.807) is 6.07 Å². The van der Waals surface area contributed by atoms with Crippen molar-refractivity contribution < 1.29 is 22.8 Å². The number of fused-ring (bicyclic) bond motifs is 1. The van der Waals surface area contributed by atoms with Gasteiger partial charge in [-0.3, -0.25) is 14.4 Å². The van der Waals surface area contributed by atoms with Crippen molar-refractivity contribution in [3.05, 3.63) is 101 Å². The van der Waals surface area contributed by atoms with Crippen LogP contribution in [0, 0.1) is 6.92 Å². The third-order valence-corrected chi connectivity index (χ3v) is 8.27. The number of nitrogens with zero attached hydrogens (tertiary/aromatic N) is 2. The lowest BCUT2D eigenvalue weighted by atomic mass is 10.0. The Morgan fingerprint density at radius 2 is 1.58 bits per heavy atom. The fraction of sp³-hybridized carbons (Fsp3) is 0.276. The van der Waals surface area contributed by atoms with Crippen LogP contribution in [0.1, 0.15) is 40.4 Å². The van der Waals surface area contributed by atoms with Gasteiger partial charge in [-0.2, -0.15) is 0 Å². The number of sulfonamides is 1. The number of rotatable bonds is 10. The number of nitrogens with one attached hydrogen (secondary N) is 1. The van der Waals surface area contributed by atoms with Crippen LogP contribution in [0.15, 0.2) is 83.8 Å². The lowest BCUT2D eigenvalue weighted by Gasteiger charge is -2.32. The topological polar surface area (TPSA) is 104 Å². The fourth-order valence-electron chi connectivity index (χ4n) is 4.41. The molecule has 0 spiro atoms. The zero-order chi connectivity index (χ0) is 27.3. The first kappa shape index (κ1) is 27.1. The molecule has 38 heavy (non-hydrogen) atoms. The first-order valence-electron chi connectivity index (χ1n) is 12.5. The van der Waals surface area contributed by atoms with E-state index in [-0.39, 0.29) is 29.3 Å². The lowest BCUT2D eigenvalue weighted by molar-refractivity contribution is -0.141. The van der Waals surface area contributed by atoms with E-state index in [0.29, 0.717) is 17.3 Å². The Morgan fingerprint density at radius 3 is 2.24 bits per heavy atom. The zero-order valence-corrected chi connectivity index (χ0v) is 22.3. The molecular weight excluding hydrogens is 502 g/mol. The first-order valence-corrected chi connectivity index (χ1v) is 14.0. The average molecular weight is 534 g/mol. The van der Waals surface area contributed by atoms with Crippen LogP contribution in [-0.4, -0.2) is 54.5 Å². The van der Waals surface area contributed by atoms with Crippen LogP contribution < -0.4 is 5.32 Å². The SMILES string of the molecule is CCCNC(=O)[C@H](Cc1ccccc1)N(Cc1ccc(C)cc1)C(=O)CN1C(=O)c2ccccc2S1(=O)=O. The van der Waals surface area contributed by atoms with Gasteiger partial charge in [0.15, 0.2) is 0 Å². The summed E-state index contributed by atoms with van der Waals surface area (Å²) in [6.07, 6.45) is 0.948. The number of aryl methyl sites for hydroxylation is 1. The molecule has 4 rings (SSSR count). The van der Waals surface area contributed by atoms with Gasteiger partial charge >= 0.3 is 0 Å². The van der Waals surface area contributed by atoms with E-state index in [1.165, 1.54) is 23.1 Å². The summed E-state index contributed by atoms with van der Waals surface area (Å²) in [4.78, 5) is 41.5. The average Bonchev–Trinajstić information content (AvgIpc) is 3.11. The first-order chi connectivity index (χ1) is 18.2. The van der Waals surface area contributed by atoms with Gasteiger partial charge in [-0.1, -0.05) is 79.2 Å². The molecule has 0 unspecified atom stereocenters. The number of amides is 3. The van der Waals surface area contributed by atoms with E-state index in [9.17, 15) is 22.8 Å². The van der Waals surface area contributed by atoms with Crippen molar-refractivity contribution in [1.29, 1.82) is 0 Å². The van der Waals surface area contributed by atoms with Gasteiger partial charge in [-0.15, -0.1) is 0 Å². The van der Waals surface area contributed by atoms with E-state index >= 15 is 0 Å². The van der Waals surface area contributed by atoms with Gasteiger partial charge in [0, 0.05) is 19.5 Å². The van der Waals surface area contributed by atoms with Gasteiger partial charge in [0.05, 0.1) is 5.56 Å². The molecule has 9 heteroatoms. The number of carbonyl (C=O) groups is 3. The van der Waals surface area contributed by atoms with Crippen molar-refractivity contribution >= 4 is 27.7 Å². The van der Waals surface area contributed by atoms with Crippen LogP contribution in [0.4, 0.5) is 0 Å². The highest BCUT2D eigenvalue weighted by Crippen LogP contribution is 2.30. The Hall–Kier alpha value is -3.98. The lowest BCUT2D eigenvalue weighted by Crippen LogP contribution is -2.53. The molecule has 0 aliphatic carbocycles. The monoisotopic (exact) mass is 533 g/mol. The Morgan fingerprint density at radius 1 is 0.921 bits per heavy atom. The molecule has 3 amide bonds. The van der Waals surface area contributed by atoms with Crippen LogP contribution in [0.3, 0.4) is 0 Å². The molecule has 0 bridgehead atoms.